The van der Waals surface area contributed by atoms with Crippen LogP contribution in [0.3, 0.4) is 0 Å². The van der Waals surface area contributed by atoms with Crippen LogP contribution < -0.4 is 10.2 Å². The third-order valence-electron chi connectivity index (χ3n) is 3.77. The maximum Gasteiger partial charge on any atom is 0.256 e. The second-order valence-corrected chi connectivity index (χ2v) is 5.81. The van der Waals surface area contributed by atoms with E-state index in [-0.39, 0.29) is 5.91 Å². The van der Waals surface area contributed by atoms with Crippen LogP contribution in [0.4, 0.5) is 11.6 Å². The number of piperazine rings is 1. The SMILES string of the molecule is O=CN1CCN(c2ccc(NC(=O)c3cccc(Cl)c3)nn2)CC1. The lowest BCUT2D eigenvalue weighted by Crippen LogP contribution is -2.46. The number of nitrogens with zero attached hydrogens (tertiary/aromatic N) is 4. The van der Waals surface area contributed by atoms with Crippen LogP contribution >= 0.6 is 11.6 Å². The molecule has 1 aliphatic heterocycles. The van der Waals surface area contributed by atoms with Crippen molar-refractivity contribution in [2.75, 3.05) is 36.4 Å². The number of halogens is 1. The molecule has 2 aromatic rings. The minimum absolute atomic E-state index is 0.292. The fourth-order valence-corrected chi connectivity index (χ4v) is 2.63. The van der Waals surface area contributed by atoms with Gasteiger partial charge in [0, 0.05) is 36.8 Å². The first-order chi connectivity index (χ1) is 11.7. The topological polar surface area (TPSA) is 78.4 Å². The second kappa shape index (κ2) is 7.27. The smallest absolute Gasteiger partial charge is 0.256 e. The molecular weight excluding hydrogens is 330 g/mol. The lowest BCUT2D eigenvalue weighted by atomic mass is 10.2. The van der Waals surface area contributed by atoms with Crippen molar-refractivity contribution in [3.8, 4) is 0 Å². The summed E-state index contributed by atoms with van der Waals surface area (Å²) in [5, 5.41) is 11.4. The first-order valence-corrected chi connectivity index (χ1v) is 7.88. The Morgan fingerprint density at radius 2 is 1.92 bits per heavy atom. The summed E-state index contributed by atoms with van der Waals surface area (Å²) in [6, 6.07) is 10.2. The number of rotatable bonds is 4. The van der Waals surface area contributed by atoms with Crippen molar-refractivity contribution in [2.24, 2.45) is 0 Å². The molecular formula is C16H16ClN5O2. The van der Waals surface area contributed by atoms with Crippen LogP contribution in [0.25, 0.3) is 0 Å². The van der Waals surface area contributed by atoms with Gasteiger partial charge in [0.05, 0.1) is 0 Å². The molecule has 0 atom stereocenters. The molecule has 0 saturated carbocycles. The molecule has 2 amide bonds. The zero-order valence-corrected chi connectivity index (χ0v) is 13.6. The van der Waals surface area contributed by atoms with Crippen LogP contribution in [0.1, 0.15) is 10.4 Å². The highest BCUT2D eigenvalue weighted by Gasteiger charge is 2.17. The van der Waals surface area contributed by atoms with Gasteiger partial charge in [-0.3, -0.25) is 9.59 Å². The van der Waals surface area contributed by atoms with Crippen molar-refractivity contribution in [1.29, 1.82) is 0 Å². The number of carbonyl (C=O) groups excluding carboxylic acids is 2. The largest absolute Gasteiger partial charge is 0.352 e. The molecule has 1 saturated heterocycles. The van der Waals surface area contributed by atoms with E-state index >= 15 is 0 Å². The van der Waals surface area contributed by atoms with Crippen LogP contribution in [0.2, 0.25) is 5.02 Å². The second-order valence-electron chi connectivity index (χ2n) is 5.37. The van der Waals surface area contributed by atoms with Gasteiger partial charge in [0.25, 0.3) is 5.91 Å². The van der Waals surface area contributed by atoms with Crippen molar-refractivity contribution >= 4 is 35.6 Å². The Kier molecular flexibility index (Phi) is 4.90. The summed E-state index contributed by atoms with van der Waals surface area (Å²) >= 11 is 5.88. The summed E-state index contributed by atoms with van der Waals surface area (Å²) in [4.78, 5) is 26.6. The van der Waals surface area contributed by atoms with E-state index in [1.165, 1.54) is 0 Å². The van der Waals surface area contributed by atoms with E-state index in [1.807, 2.05) is 0 Å². The van der Waals surface area contributed by atoms with E-state index in [2.05, 4.69) is 20.4 Å². The fraction of sp³-hybridized carbons (Fsp3) is 0.250. The summed E-state index contributed by atoms with van der Waals surface area (Å²) < 4.78 is 0. The highest BCUT2D eigenvalue weighted by atomic mass is 35.5. The number of hydrogen-bond donors (Lipinski definition) is 1. The Hall–Kier alpha value is -2.67. The van der Waals surface area contributed by atoms with Crippen molar-refractivity contribution < 1.29 is 9.59 Å². The Morgan fingerprint density at radius 3 is 2.54 bits per heavy atom. The highest BCUT2D eigenvalue weighted by molar-refractivity contribution is 6.31. The van der Waals surface area contributed by atoms with Crippen LogP contribution in [0.5, 0.6) is 0 Å². The molecule has 1 aliphatic rings. The number of nitrogens with one attached hydrogen (secondary N) is 1. The number of benzene rings is 1. The van der Waals surface area contributed by atoms with Gasteiger partial charge >= 0.3 is 0 Å². The van der Waals surface area contributed by atoms with Crippen molar-refractivity contribution in [3.63, 3.8) is 0 Å². The number of aromatic nitrogens is 2. The van der Waals surface area contributed by atoms with Crippen LogP contribution in [0, 0.1) is 0 Å². The van der Waals surface area contributed by atoms with Crippen molar-refractivity contribution in [3.05, 3.63) is 47.0 Å². The normalized spacial score (nSPS) is 14.4. The Bertz CT molecular complexity index is 730. The van der Waals surface area contributed by atoms with Crippen molar-refractivity contribution in [1.82, 2.24) is 15.1 Å². The average Bonchev–Trinajstić information content (AvgIpc) is 2.62. The van der Waals surface area contributed by atoms with Crippen LogP contribution in [-0.2, 0) is 4.79 Å². The summed E-state index contributed by atoms with van der Waals surface area (Å²) in [5.74, 6) is 0.802. The van der Waals surface area contributed by atoms with E-state index in [1.54, 1.807) is 41.3 Å². The first kappa shape index (κ1) is 16.2. The molecule has 8 heteroatoms. The maximum atomic E-state index is 12.1. The summed E-state index contributed by atoms with van der Waals surface area (Å²) in [6.45, 7) is 2.75. The molecule has 124 valence electrons. The van der Waals surface area contributed by atoms with Gasteiger partial charge in [-0.25, -0.2) is 0 Å². The van der Waals surface area contributed by atoms with Gasteiger partial charge in [-0.2, -0.15) is 0 Å². The molecule has 3 rings (SSSR count). The van der Waals surface area contributed by atoms with E-state index in [0.717, 1.165) is 12.2 Å². The lowest BCUT2D eigenvalue weighted by molar-refractivity contribution is -0.118. The van der Waals surface area contributed by atoms with Crippen LogP contribution in [-0.4, -0.2) is 53.6 Å². The zero-order valence-electron chi connectivity index (χ0n) is 12.9. The lowest BCUT2D eigenvalue weighted by Gasteiger charge is -2.32. The molecule has 0 bridgehead atoms. The molecule has 1 aromatic carbocycles. The average molecular weight is 346 g/mol. The Morgan fingerprint density at radius 1 is 1.12 bits per heavy atom. The Balaban J connectivity index is 1.62. The van der Waals surface area contributed by atoms with Gasteiger partial charge in [0.2, 0.25) is 6.41 Å². The van der Waals surface area contributed by atoms with Gasteiger partial charge in [0.15, 0.2) is 11.6 Å². The fourth-order valence-electron chi connectivity index (χ4n) is 2.44. The van der Waals surface area contributed by atoms with E-state index in [0.29, 0.717) is 42.6 Å². The van der Waals surface area contributed by atoms with E-state index < -0.39 is 0 Å². The molecule has 0 spiro atoms. The van der Waals surface area contributed by atoms with Gasteiger partial charge in [-0.05, 0) is 30.3 Å². The zero-order chi connectivity index (χ0) is 16.9. The third-order valence-corrected chi connectivity index (χ3v) is 4.00. The molecule has 1 N–H and O–H groups in total. The van der Waals surface area contributed by atoms with Gasteiger partial charge < -0.3 is 15.1 Å². The predicted octanol–water partition coefficient (Wildman–Crippen LogP) is 1.66. The molecule has 0 aliphatic carbocycles. The van der Waals surface area contributed by atoms with E-state index in [9.17, 15) is 9.59 Å². The standard InChI is InChI=1S/C16H16ClN5O2/c17-13-3-1-2-12(10-13)16(24)18-14-4-5-15(20-19-14)22-8-6-21(11-23)7-9-22/h1-5,10-11H,6-9H2,(H,18,19,24). The summed E-state index contributed by atoms with van der Waals surface area (Å²) in [6.07, 6.45) is 0.859. The highest BCUT2D eigenvalue weighted by Crippen LogP contribution is 2.15. The summed E-state index contributed by atoms with van der Waals surface area (Å²) in [7, 11) is 0. The Labute approximate surface area is 144 Å². The number of amides is 2. The molecule has 1 fully saturated rings. The molecule has 1 aromatic heterocycles. The summed E-state index contributed by atoms with van der Waals surface area (Å²) in [5.41, 5.74) is 0.457. The van der Waals surface area contributed by atoms with E-state index in [4.69, 9.17) is 11.6 Å². The monoisotopic (exact) mass is 345 g/mol. The maximum absolute atomic E-state index is 12.1. The quantitative estimate of drug-likeness (QED) is 0.853. The number of hydrogen-bond acceptors (Lipinski definition) is 5. The van der Waals surface area contributed by atoms with Crippen LogP contribution in [0.15, 0.2) is 36.4 Å². The molecule has 7 nitrogen and oxygen atoms in total. The van der Waals surface area contributed by atoms with Gasteiger partial charge in [-0.1, -0.05) is 17.7 Å². The number of carbonyl (C=O) groups is 2. The molecule has 2 heterocycles. The predicted molar refractivity (Wildman–Crippen MR) is 91.3 cm³/mol. The number of anilines is 2. The van der Waals surface area contributed by atoms with Gasteiger partial charge in [-0.15, -0.1) is 10.2 Å². The minimum atomic E-state index is -0.292. The molecule has 24 heavy (non-hydrogen) atoms. The minimum Gasteiger partial charge on any atom is -0.352 e. The molecule has 0 radical (unpaired) electrons. The molecule has 0 unspecified atom stereocenters. The van der Waals surface area contributed by atoms with Gasteiger partial charge in [0.1, 0.15) is 0 Å². The first-order valence-electron chi connectivity index (χ1n) is 7.50. The van der Waals surface area contributed by atoms with Crippen molar-refractivity contribution in [2.45, 2.75) is 0 Å². The third kappa shape index (κ3) is 3.80.